The number of aromatic nitrogens is 2. The van der Waals surface area contributed by atoms with Gasteiger partial charge in [-0.2, -0.15) is 0 Å². The Morgan fingerprint density at radius 1 is 1.23 bits per heavy atom. The fraction of sp³-hybridized carbons (Fsp3) is 0.370. The normalized spacial score (nSPS) is 21.2. The SMILES string of the molecule is CC[C@@]1(O)C(=O)OCc2c1cc1n(c2=O)Cc2c-1nc1cc(F)c(C)c3c1c2/C(=C/CCO)CC3. The van der Waals surface area contributed by atoms with Crippen molar-refractivity contribution in [1.82, 2.24) is 9.55 Å². The molecule has 3 aromatic rings. The number of aliphatic hydroxyl groups is 2. The van der Waals surface area contributed by atoms with Crippen LogP contribution in [0.3, 0.4) is 0 Å². The van der Waals surface area contributed by atoms with Crippen LogP contribution in [0.4, 0.5) is 4.39 Å². The number of allylic oxidation sites excluding steroid dienone is 1. The molecule has 2 N–H and O–H groups in total. The summed E-state index contributed by atoms with van der Waals surface area (Å²) in [5.41, 5.74) is 4.23. The Morgan fingerprint density at radius 3 is 2.77 bits per heavy atom. The van der Waals surface area contributed by atoms with E-state index in [-0.39, 0.29) is 48.7 Å². The van der Waals surface area contributed by atoms with E-state index >= 15 is 0 Å². The number of benzene rings is 1. The lowest BCUT2D eigenvalue weighted by Gasteiger charge is -2.31. The van der Waals surface area contributed by atoms with Crippen molar-refractivity contribution in [2.24, 2.45) is 0 Å². The molecule has 35 heavy (non-hydrogen) atoms. The Labute approximate surface area is 200 Å². The van der Waals surface area contributed by atoms with E-state index in [0.717, 1.165) is 27.6 Å². The van der Waals surface area contributed by atoms with Gasteiger partial charge in [0.15, 0.2) is 5.60 Å². The Morgan fingerprint density at radius 2 is 2.03 bits per heavy atom. The van der Waals surface area contributed by atoms with Crippen molar-refractivity contribution in [1.29, 1.82) is 0 Å². The number of pyridine rings is 2. The van der Waals surface area contributed by atoms with Gasteiger partial charge in [0.05, 0.1) is 29.0 Å². The average molecular weight is 477 g/mol. The van der Waals surface area contributed by atoms with Gasteiger partial charge in [0, 0.05) is 29.2 Å². The summed E-state index contributed by atoms with van der Waals surface area (Å²) >= 11 is 0. The standard InChI is InChI=1S/C27H25FN2O5/c1-3-27(34)18-9-21-24-16(11-30(21)25(32)17(18)12-35-26(27)33)22-14(5-4-8-31)6-7-15-13(2)19(28)10-20(29-24)23(15)22/h5,9-10,31,34H,3-4,6-8,11-12H2,1-2H3/b14-5+/t27-/m0/s1. The highest BCUT2D eigenvalue weighted by Crippen LogP contribution is 2.46. The smallest absolute Gasteiger partial charge is 0.343 e. The van der Waals surface area contributed by atoms with Gasteiger partial charge in [-0.15, -0.1) is 0 Å². The van der Waals surface area contributed by atoms with E-state index in [2.05, 4.69) is 0 Å². The molecule has 4 heterocycles. The summed E-state index contributed by atoms with van der Waals surface area (Å²) in [6.07, 6.45) is 3.94. The highest BCUT2D eigenvalue weighted by atomic mass is 19.1. The Bertz CT molecular complexity index is 1550. The van der Waals surface area contributed by atoms with Crippen LogP contribution in [0.5, 0.6) is 0 Å². The number of ether oxygens (including phenoxy) is 1. The lowest BCUT2D eigenvalue weighted by molar-refractivity contribution is -0.172. The van der Waals surface area contributed by atoms with Crippen LogP contribution >= 0.6 is 0 Å². The fourth-order valence-corrected chi connectivity index (χ4v) is 5.88. The number of hydrogen-bond acceptors (Lipinski definition) is 6. The number of nitrogens with zero attached hydrogens (tertiary/aromatic N) is 2. The van der Waals surface area contributed by atoms with Gasteiger partial charge in [-0.1, -0.05) is 13.0 Å². The topological polar surface area (TPSA) is 102 Å². The molecule has 6 rings (SSSR count). The summed E-state index contributed by atoms with van der Waals surface area (Å²) in [7, 11) is 0. The Balaban J connectivity index is 1.69. The molecule has 1 aromatic carbocycles. The number of esters is 1. The van der Waals surface area contributed by atoms with Crippen molar-refractivity contribution < 1.29 is 24.1 Å². The molecule has 2 aliphatic heterocycles. The molecule has 0 unspecified atom stereocenters. The quantitative estimate of drug-likeness (QED) is 0.440. The second kappa shape index (κ2) is 7.57. The Kier molecular flexibility index (Phi) is 4.78. The summed E-state index contributed by atoms with van der Waals surface area (Å²) in [4.78, 5) is 30.8. The maximum atomic E-state index is 14.9. The van der Waals surface area contributed by atoms with Crippen LogP contribution in [0.2, 0.25) is 0 Å². The highest BCUT2D eigenvalue weighted by Gasteiger charge is 2.45. The second-order valence-electron chi connectivity index (χ2n) is 9.51. The van der Waals surface area contributed by atoms with Gasteiger partial charge in [0.1, 0.15) is 12.4 Å². The summed E-state index contributed by atoms with van der Waals surface area (Å²) in [5, 5.41) is 21.4. The molecule has 0 fully saturated rings. The summed E-state index contributed by atoms with van der Waals surface area (Å²) in [6.45, 7) is 3.55. The van der Waals surface area contributed by atoms with E-state index in [0.29, 0.717) is 41.7 Å². The number of hydrogen-bond donors (Lipinski definition) is 2. The number of aryl methyl sites for hydroxylation is 1. The van der Waals surface area contributed by atoms with Gasteiger partial charge in [0.25, 0.3) is 5.56 Å². The van der Waals surface area contributed by atoms with Crippen molar-refractivity contribution >= 4 is 22.4 Å². The maximum absolute atomic E-state index is 14.9. The molecule has 1 atom stereocenters. The summed E-state index contributed by atoms with van der Waals surface area (Å²) < 4.78 is 21.6. The highest BCUT2D eigenvalue weighted by molar-refractivity contribution is 6.01. The van der Waals surface area contributed by atoms with Crippen molar-refractivity contribution in [3.63, 3.8) is 0 Å². The minimum Gasteiger partial charge on any atom is -0.458 e. The Hall–Kier alpha value is -3.36. The zero-order valence-corrected chi connectivity index (χ0v) is 19.6. The van der Waals surface area contributed by atoms with Crippen molar-refractivity contribution in [2.45, 2.75) is 58.3 Å². The molecule has 0 saturated carbocycles. The predicted octanol–water partition coefficient (Wildman–Crippen LogP) is 3.24. The molecule has 0 saturated heterocycles. The van der Waals surface area contributed by atoms with Crippen molar-refractivity contribution in [3.8, 4) is 11.4 Å². The third kappa shape index (κ3) is 2.87. The molecule has 0 amide bonds. The molecule has 3 aliphatic rings. The minimum absolute atomic E-state index is 0.0191. The lowest BCUT2D eigenvalue weighted by Crippen LogP contribution is -2.44. The average Bonchev–Trinajstić information content (AvgIpc) is 3.22. The first-order valence-electron chi connectivity index (χ1n) is 11.9. The molecule has 1 aliphatic carbocycles. The minimum atomic E-state index is -1.90. The van der Waals surface area contributed by atoms with Crippen LogP contribution < -0.4 is 5.56 Å². The van der Waals surface area contributed by atoms with E-state index in [4.69, 9.17) is 9.72 Å². The number of halogens is 1. The molecule has 0 radical (unpaired) electrons. The van der Waals surface area contributed by atoms with Gasteiger partial charge in [-0.05, 0) is 60.9 Å². The molecular weight excluding hydrogens is 451 g/mol. The number of cyclic esters (lactones) is 1. The van der Waals surface area contributed by atoms with Gasteiger partial charge in [0.2, 0.25) is 0 Å². The number of rotatable bonds is 3. The molecule has 0 spiro atoms. The van der Waals surface area contributed by atoms with Crippen LogP contribution in [-0.2, 0) is 34.7 Å². The largest absolute Gasteiger partial charge is 0.458 e. The van der Waals surface area contributed by atoms with Crippen LogP contribution in [0.1, 0.15) is 59.6 Å². The van der Waals surface area contributed by atoms with E-state index in [1.165, 1.54) is 6.07 Å². The monoisotopic (exact) mass is 476 g/mol. The van der Waals surface area contributed by atoms with E-state index in [9.17, 15) is 24.2 Å². The predicted molar refractivity (Wildman–Crippen MR) is 127 cm³/mol. The summed E-state index contributed by atoms with van der Waals surface area (Å²) in [5.74, 6) is -1.09. The van der Waals surface area contributed by atoms with Gasteiger partial charge >= 0.3 is 5.97 Å². The fourth-order valence-electron chi connectivity index (χ4n) is 5.88. The number of aliphatic hydroxyl groups excluding tert-OH is 1. The third-order valence-electron chi connectivity index (χ3n) is 7.79. The zero-order valence-electron chi connectivity index (χ0n) is 19.6. The molecule has 8 heteroatoms. The zero-order chi connectivity index (χ0) is 24.6. The van der Waals surface area contributed by atoms with E-state index < -0.39 is 11.6 Å². The van der Waals surface area contributed by atoms with Gasteiger partial charge in [-0.25, -0.2) is 14.2 Å². The van der Waals surface area contributed by atoms with E-state index in [1.54, 1.807) is 24.5 Å². The van der Waals surface area contributed by atoms with E-state index in [1.807, 2.05) is 6.08 Å². The van der Waals surface area contributed by atoms with Crippen LogP contribution in [0.25, 0.3) is 27.9 Å². The van der Waals surface area contributed by atoms with Crippen molar-refractivity contribution in [3.05, 3.63) is 67.8 Å². The van der Waals surface area contributed by atoms with Crippen LogP contribution in [-0.4, -0.2) is 32.3 Å². The van der Waals surface area contributed by atoms with Gasteiger partial charge in [-0.3, -0.25) is 4.79 Å². The number of carbonyl (C=O) groups is 1. The summed E-state index contributed by atoms with van der Waals surface area (Å²) in [6, 6.07) is 3.11. The molecule has 7 nitrogen and oxygen atoms in total. The van der Waals surface area contributed by atoms with Crippen LogP contribution in [0, 0.1) is 12.7 Å². The first-order valence-corrected chi connectivity index (χ1v) is 11.9. The first kappa shape index (κ1) is 22.1. The maximum Gasteiger partial charge on any atom is 0.343 e. The third-order valence-corrected chi connectivity index (χ3v) is 7.79. The number of carbonyl (C=O) groups excluding carboxylic acids is 1. The van der Waals surface area contributed by atoms with Crippen molar-refractivity contribution in [2.75, 3.05) is 6.61 Å². The first-order chi connectivity index (χ1) is 16.8. The molecule has 0 bridgehead atoms. The van der Waals surface area contributed by atoms with Crippen LogP contribution in [0.15, 0.2) is 23.0 Å². The molecule has 180 valence electrons. The molecule has 2 aromatic heterocycles. The molecular formula is C27H25FN2O5. The van der Waals surface area contributed by atoms with Gasteiger partial charge < -0.3 is 19.5 Å². The number of fused-ring (bicyclic) bond motifs is 5. The second-order valence-corrected chi connectivity index (χ2v) is 9.51. The lowest BCUT2D eigenvalue weighted by atomic mass is 9.81.